The highest BCUT2D eigenvalue weighted by Crippen LogP contribution is 2.32. The van der Waals surface area contributed by atoms with Crippen LogP contribution in [0.5, 0.6) is 0 Å². The first-order chi connectivity index (χ1) is 9.56. The Balaban J connectivity index is 2.21. The molecule has 1 atom stereocenters. The predicted molar refractivity (Wildman–Crippen MR) is 69.3 cm³/mol. The summed E-state index contributed by atoms with van der Waals surface area (Å²) in [6.45, 7) is 0.00605. The lowest BCUT2D eigenvalue weighted by Crippen LogP contribution is -2.26. The number of halogens is 4. The van der Waals surface area contributed by atoms with Crippen LogP contribution in [0.2, 0.25) is 0 Å². The Hall–Kier alpha value is -1.35. The van der Waals surface area contributed by atoms with Crippen LogP contribution in [0.1, 0.15) is 12.1 Å². The second-order valence-electron chi connectivity index (χ2n) is 4.68. The Morgan fingerprint density at radius 2 is 2.10 bits per heavy atom. The third-order valence-electron chi connectivity index (χ3n) is 2.99. The van der Waals surface area contributed by atoms with E-state index in [-0.39, 0.29) is 18.7 Å². The van der Waals surface area contributed by atoms with Crippen molar-refractivity contribution in [3.63, 3.8) is 0 Å². The van der Waals surface area contributed by atoms with Crippen LogP contribution in [0.25, 0.3) is 0 Å². The lowest BCUT2D eigenvalue weighted by molar-refractivity contribution is -0.141. The Bertz CT molecular complexity index is 663. The van der Waals surface area contributed by atoms with Crippen molar-refractivity contribution < 1.29 is 26.4 Å². The zero-order valence-electron chi connectivity index (χ0n) is 10.5. The molecule has 1 aliphatic rings. The Labute approximate surface area is 123 Å². The van der Waals surface area contributed by atoms with E-state index in [1.165, 1.54) is 6.07 Å². The molecule has 1 aromatic heterocycles. The molecule has 0 N–H and O–H groups in total. The largest absolute Gasteiger partial charge is 0.433 e. The van der Waals surface area contributed by atoms with Crippen LogP contribution in [-0.2, 0) is 20.0 Å². The van der Waals surface area contributed by atoms with Crippen LogP contribution < -0.4 is 4.90 Å². The summed E-state index contributed by atoms with van der Waals surface area (Å²) in [7, 11) is 1.36. The fraction of sp³-hybridized carbons (Fsp3) is 0.455. The maximum atomic E-state index is 12.6. The lowest BCUT2D eigenvalue weighted by Gasteiger charge is -2.17. The molecule has 0 bridgehead atoms. The van der Waals surface area contributed by atoms with Gasteiger partial charge >= 0.3 is 6.18 Å². The van der Waals surface area contributed by atoms with Gasteiger partial charge in [-0.3, -0.25) is 9.78 Å². The van der Waals surface area contributed by atoms with Gasteiger partial charge < -0.3 is 4.90 Å². The van der Waals surface area contributed by atoms with Gasteiger partial charge in [-0.1, -0.05) is 0 Å². The van der Waals surface area contributed by atoms with Crippen LogP contribution in [0.15, 0.2) is 18.3 Å². The molecule has 5 nitrogen and oxygen atoms in total. The van der Waals surface area contributed by atoms with Crippen molar-refractivity contribution in [3.05, 3.63) is 24.0 Å². The number of carbonyl (C=O) groups excluding carboxylic acids is 1. The summed E-state index contributed by atoms with van der Waals surface area (Å²) < 4.78 is 59.8. The van der Waals surface area contributed by atoms with Crippen LogP contribution in [0, 0.1) is 5.92 Å². The van der Waals surface area contributed by atoms with Crippen molar-refractivity contribution in [3.8, 4) is 0 Å². The van der Waals surface area contributed by atoms with Gasteiger partial charge in [-0.25, -0.2) is 8.42 Å². The molecule has 1 aromatic rings. The third-order valence-corrected chi connectivity index (χ3v) is 4.23. The molecule has 10 heteroatoms. The SMILES string of the molecule is O=C1CC(CS(=O)(=O)Cl)CN1c1ccnc(C(F)(F)F)c1. The Morgan fingerprint density at radius 3 is 2.67 bits per heavy atom. The molecule has 0 aromatic carbocycles. The van der Waals surface area contributed by atoms with Crippen molar-refractivity contribution >= 4 is 31.3 Å². The normalized spacial score (nSPS) is 20.1. The van der Waals surface area contributed by atoms with E-state index >= 15 is 0 Å². The smallest absolute Gasteiger partial charge is 0.312 e. The summed E-state index contributed by atoms with van der Waals surface area (Å²) in [4.78, 5) is 16.1. The molecule has 116 valence electrons. The van der Waals surface area contributed by atoms with Gasteiger partial charge in [0.2, 0.25) is 15.0 Å². The maximum Gasteiger partial charge on any atom is 0.433 e. The standard InChI is InChI=1S/C11H10ClF3N2O3S/c12-21(19,20)6-7-3-10(18)17(5-7)8-1-2-16-9(4-8)11(13,14)15/h1-2,4,7H,3,5-6H2. The zero-order valence-corrected chi connectivity index (χ0v) is 12.0. The number of aromatic nitrogens is 1. The van der Waals surface area contributed by atoms with Crippen LogP contribution in [0.4, 0.5) is 18.9 Å². The summed E-state index contributed by atoms with van der Waals surface area (Å²) in [5.74, 6) is -1.38. The molecule has 2 rings (SSSR count). The molecular weight excluding hydrogens is 333 g/mol. The molecule has 0 spiro atoms. The first-order valence-electron chi connectivity index (χ1n) is 5.82. The number of carbonyl (C=O) groups is 1. The molecule has 1 amide bonds. The van der Waals surface area contributed by atoms with Gasteiger partial charge in [-0.2, -0.15) is 13.2 Å². The van der Waals surface area contributed by atoms with Crippen molar-refractivity contribution in [1.82, 2.24) is 4.98 Å². The molecule has 1 fully saturated rings. The number of hydrogen-bond acceptors (Lipinski definition) is 4. The molecular formula is C11H10ClF3N2O3S. The number of rotatable bonds is 3. The minimum Gasteiger partial charge on any atom is -0.312 e. The van der Waals surface area contributed by atoms with Crippen molar-refractivity contribution in [2.24, 2.45) is 5.92 Å². The lowest BCUT2D eigenvalue weighted by atomic mass is 10.1. The fourth-order valence-electron chi connectivity index (χ4n) is 2.17. The molecule has 1 aliphatic heterocycles. The third kappa shape index (κ3) is 4.07. The fourth-order valence-corrected chi connectivity index (χ4v) is 3.49. The van der Waals surface area contributed by atoms with E-state index in [1.807, 2.05) is 0 Å². The molecule has 0 aliphatic carbocycles. The molecule has 1 unspecified atom stereocenters. The average molecular weight is 343 g/mol. The number of pyridine rings is 1. The number of alkyl halides is 3. The summed E-state index contributed by atoms with van der Waals surface area (Å²) >= 11 is 0. The molecule has 21 heavy (non-hydrogen) atoms. The summed E-state index contributed by atoms with van der Waals surface area (Å²) in [5, 5.41) is 0. The van der Waals surface area contributed by atoms with Crippen molar-refractivity contribution in [2.75, 3.05) is 17.2 Å². The Morgan fingerprint density at radius 1 is 1.43 bits per heavy atom. The van der Waals surface area contributed by atoms with E-state index in [0.29, 0.717) is 0 Å². The van der Waals surface area contributed by atoms with Crippen LogP contribution in [0.3, 0.4) is 0 Å². The van der Waals surface area contributed by atoms with E-state index in [1.54, 1.807) is 0 Å². The predicted octanol–water partition coefficient (Wildman–Crippen LogP) is 2.02. The molecule has 0 radical (unpaired) electrons. The van der Waals surface area contributed by atoms with Crippen molar-refractivity contribution in [1.29, 1.82) is 0 Å². The first-order valence-corrected chi connectivity index (χ1v) is 8.30. The molecule has 2 heterocycles. The highest BCUT2D eigenvalue weighted by molar-refractivity contribution is 8.13. The number of nitrogens with zero attached hydrogens (tertiary/aromatic N) is 2. The average Bonchev–Trinajstić information content (AvgIpc) is 2.67. The Kier molecular flexibility index (Phi) is 4.16. The molecule has 1 saturated heterocycles. The maximum absolute atomic E-state index is 12.6. The summed E-state index contributed by atoms with van der Waals surface area (Å²) in [6, 6.07) is 2.03. The van der Waals surface area contributed by atoms with E-state index < -0.39 is 38.5 Å². The monoisotopic (exact) mass is 342 g/mol. The number of hydrogen-bond donors (Lipinski definition) is 0. The number of anilines is 1. The minimum atomic E-state index is -4.61. The zero-order chi connectivity index (χ0) is 15.8. The van der Waals surface area contributed by atoms with Crippen molar-refractivity contribution in [2.45, 2.75) is 12.6 Å². The van der Waals surface area contributed by atoms with E-state index in [4.69, 9.17) is 10.7 Å². The van der Waals surface area contributed by atoms with Gasteiger partial charge in [0.15, 0.2) is 0 Å². The highest BCUT2D eigenvalue weighted by atomic mass is 35.7. The summed E-state index contributed by atoms with van der Waals surface area (Å²) in [5.41, 5.74) is -1.07. The van der Waals surface area contributed by atoms with E-state index in [0.717, 1.165) is 17.2 Å². The highest BCUT2D eigenvalue weighted by Gasteiger charge is 2.36. The second-order valence-corrected chi connectivity index (χ2v) is 7.50. The van der Waals surface area contributed by atoms with Crippen LogP contribution in [-0.4, -0.2) is 31.6 Å². The van der Waals surface area contributed by atoms with Crippen LogP contribution >= 0.6 is 10.7 Å². The van der Waals surface area contributed by atoms with Gasteiger partial charge in [0.1, 0.15) is 5.69 Å². The topological polar surface area (TPSA) is 67.3 Å². The molecule has 0 saturated carbocycles. The second kappa shape index (κ2) is 5.45. The number of amides is 1. The van der Waals surface area contributed by atoms with Gasteiger partial charge in [-0.15, -0.1) is 0 Å². The van der Waals surface area contributed by atoms with Gasteiger partial charge in [0.25, 0.3) is 0 Å². The quantitative estimate of drug-likeness (QED) is 0.788. The van der Waals surface area contributed by atoms with E-state index in [9.17, 15) is 26.4 Å². The van der Waals surface area contributed by atoms with Gasteiger partial charge in [0, 0.05) is 41.5 Å². The minimum absolute atomic E-state index is 0.00605. The van der Waals surface area contributed by atoms with Gasteiger partial charge in [0.05, 0.1) is 5.75 Å². The van der Waals surface area contributed by atoms with Gasteiger partial charge in [-0.05, 0) is 12.1 Å². The summed E-state index contributed by atoms with van der Waals surface area (Å²) in [6.07, 6.45) is -3.73. The van der Waals surface area contributed by atoms with E-state index in [2.05, 4.69) is 4.98 Å². The first kappa shape index (κ1) is 16.0.